The number of phenolic OH excluding ortho intramolecular Hbond substituents is 1. The predicted octanol–water partition coefficient (Wildman–Crippen LogP) is 4.84. The normalized spacial score (nSPS) is 20.9. The Kier molecular flexibility index (Phi) is 3.29. The van der Waals surface area contributed by atoms with Gasteiger partial charge in [0.2, 0.25) is 0 Å². The lowest BCUT2D eigenvalue weighted by atomic mass is 9.71. The van der Waals surface area contributed by atoms with Crippen LogP contribution in [-0.2, 0) is 0 Å². The van der Waals surface area contributed by atoms with Gasteiger partial charge in [0.15, 0.2) is 0 Å². The minimum atomic E-state index is 0.333. The van der Waals surface area contributed by atoms with Gasteiger partial charge in [-0.05, 0) is 70.6 Å². The van der Waals surface area contributed by atoms with Gasteiger partial charge in [-0.25, -0.2) is 0 Å². The van der Waals surface area contributed by atoms with Gasteiger partial charge in [0, 0.05) is 0 Å². The molecule has 0 aliphatic heterocycles. The van der Waals surface area contributed by atoms with Gasteiger partial charge in [0.25, 0.3) is 0 Å². The van der Waals surface area contributed by atoms with Crippen LogP contribution in [0.4, 0.5) is 0 Å². The Morgan fingerprint density at radius 3 is 2.44 bits per heavy atom. The quantitative estimate of drug-likeness (QED) is 0.782. The highest BCUT2D eigenvalue weighted by Gasteiger charge is 2.27. The molecule has 1 fully saturated rings. The Morgan fingerprint density at radius 1 is 1.25 bits per heavy atom. The zero-order chi connectivity index (χ0) is 11.8. The molecule has 1 aromatic carbocycles. The molecule has 0 atom stereocenters. The highest BCUT2D eigenvalue weighted by atomic mass is 79.9. The molecule has 0 bridgehead atoms. The Morgan fingerprint density at radius 2 is 1.88 bits per heavy atom. The smallest absolute Gasteiger partial charge is 0.129 e. The molecule has 0 heterocycles. The van der Waals surface area contributed by atoms with Crippen molar-refractivity contribution in [2.24, 2.45) is 5.41 Å². The molecule has 2 rings (SSSR count). The molecule has 0 aromatic heterocycles. The number of hydrogen-bond acceptors (Lipinski definition) is 1. The standard InChI is InChI=1S/C14H19BrO/c1-14(2)7-5-10(6-8-14)11-3-4-13(16)12(15)9-11/h3-4,9-10,16H,5-8H2,1-2H3. The van der Waals surface area contributed by atoms with E-state index < -0.39 is 0 Å². The van der Waals surface area contributed by atoms with Crippen molar-refractivity contribution < 1.29 is 5.11 Å². The van der Waals surface area contributed by atoms with Crippen molar-refractivity contribution in [3.63, 3.8) is 0 Å². The van der Waals surface area contributed by atoms with E-state index >= 15 is 0 Å². The third-order valence-corrected chi connectivity index (χ3v) is 4.42. The lowest BCUT2D eigenvalue weighted by Gasteiger charge is -2.34. The van der Waals surface area contributed by atoms with Crippen molar-refractivity contribution in [1.82, 2.24) is 0 Å². The van der Waals surface area contributed by atoms with Gasteiger partial charge >= 0.3 is 0 Å². The third-order valence-electron chi connectivity index (χ3n) is 3.78. The average Bonchev–Trinajstić information content (AvgIpc) is 2.22. The fourth-order valence-corrected chi connectivity index (χ4v) is 2.91. The van der Waals surface area contributed by atoms with Crippen LogP contribution in [0.1, 0.15) is 51.0 Å². The molecule has 88 valence electrons. The summed E-state index contributed by atoms with van der Waals surface area (Å²) in [7, 11) is 0. The number of hydrogen-bond donors (Lipinski definition) is 1. The minimum absolute atomic E-state index is 0.333. The summed E-state index contributed by atoms with van der Waals surface area (Å²) in [6, 6.07) is 5.92. The molecule has 2 heteroatoms. The van der Waals surface area contributed by atoms with E-state index in [2.05, 4.69) is 41.9 Å². The van der Waals surface area contributed by atoms with E-state index in [0.717, 1.165) is 4.47 Å². The van der Waals surface area contributed by atoms with E-state index in [1.54, 1.807) is 6.07 Å². The molecule has 16 heavy (non-hydrogen) atoms. The van der Waals surface area contributed by atoms with Crippen LogP contribution in [0.5, 0.6) is 5.75 Å². The largest absolute Gasteiger partial charge is 0.507 e. The molecular formula is C14H19BrO. The van der Waals surface area contributed by atoms with Gasteiger partial charge in [0.1, 0.15) is 5.75 Å². The second-order valence-electron chi connectivity index (χ2n) is 5.65. The molecule has 1 aromatic rings. The van der Waals surface area contributed by atoms with Crippen LogP contribution in [0, 0.1) is 5.41 Å². The SMILES string of the molecule is CC1(C)CCC(c2ccc(O)c(Br)c2)CC1. The van der Waals surface area contributed by atoms with Crippen molar-refractivity contribution in [1.29, 1.82) is 0 Å². The van der Waals surface area contributed by atoms with E-state index in [-0.39, 0.29) is 0 Å². The fraction of sp³-hybridized carbons (Fsp3) is 0.571. The molecule has 0 unspecified atom stereocenters. The Bertz CT molecular complexity index is 374. The van der Waals surface area contributed by atoms with Crippen LogP contribution >= 0.6 is 15.9 Å². The van der Waals surface area contributed by atoms with Crippen molar-refractivity contribution in [3.8, 4) is 5.75 Å². The minimum Gasteiger partial charge on any atom is -0.507 e. The lowest BCUT2D eigenvalue weighted by Crippen LogP contribution is -2.20. The van der Waals surface area contributed by atoms with Crippen molar-refractivity contribution >= 4 is 15.9 Å². The van der Waals surface area contributed by atoms with Gasteiger partial charge in [-0.3, -0.25) is 0 Å². The van der Waals surface area contributed by atoms with Crippen molar-refractivity contribution in [2.75, 3.05) is 0 Å². The summed E-state index contributed by atoms with van der Waals surface area (Å²) in [5.74, 6) is 1.00. The highest BCUT2D eigenvalue weighted by Crippen LogP contribution is 2.43. The summed E-state index contributed by atoms with van der Waals surface area (Å²) in [4.78, 5) is 0. The lowest BCUT2D eigenvalue weighted by molar-refractivity contribution is 0.224. The Hall–Kier alpha value is -0.500. The van der Waals surface area contributed by atoms with Gasteiger partial charge in [0.05, 0.1) is 4.47 Å². The number of aromatic hydroxyl groups is 1. The number of benzene rings is 1. The monoisotopic (exact) mass is 282 g/mol. The maximum absolute atomic E-state index is 9.48. The number of phenols is 1. The first kappa shape index (κ1) is 12.0. The van der Waals surface area contributed by atoms with Crippen molar-refractivity contribution in [2.45, 2.75) is 45.4 Å². The predicted molar refractivity (Wildman–Crippen MR) is 70.8 cm³/mol. The van der Waals surface area contributed by atoms with E-state index in [0.29, 0.717) is 17.1 Å². The van der Waals surface area contributed by atoms with Crippen LogP contribution in [0.25, 0.3) is 0 Å². The fourth-order valence-electron chi connectivity index (χ4n) is 2.51. The molecule has 1 saturated carbocycles. The second-order valence-corrected chi connectivity index (χ2v) is 6.50. The summed E-state index contributed by atoms with van der Waals surface area (Å²) >= 11 is 3.39. The average molecular weight is 283 g/mol. The number of rotatable bonds is 1. The summed E-state index contributed by atoms with van der Waals surface area (Å²) in [5, 5.41) is 9.48. The molecule has 1 N–H and O–H groups in total. The third kappa shape index (κ3) is 2.60. The zero-order valence-electron chi connectivity index (χ0n) is 9.96. The highest BCUT2D eigenvalue weighted by molar-refractivity contribution is 9.10. The van der Waals surface area contributed by atoms with Crippen LogP contribution in [0.15, 0.2) is 22.7 Å². The molecule has 0 amide bonds. The molecular weight excluding hydrogens is 264 g/mol. The molecule has 1 nitrogen and oxygen atoms in total. The van der Waals surface area contributed by atoms with Crippen LogP contribution in [0.3, 0.4) is 0 Å². The zero-order valence-corrected chi connectivity index (χ0v) is 11.5. The van der Waals surface area contributed by atoms with Crippen molar-refractivity contribution in [3.05, 3.63) is 28.2 Å². The summed E-state index contributed by atoms with van der Waals surface area (Å²) in [6.45, 7) is 4.71. The molecule has 1 aliphatic carbocycles. The molecule has 1 aliphatic rings. The maximum atomic E-state index is 9.48. The topological polar surface area (TPSA) is 20.2 Å². The number of halogens is 1. The maximum Gasteiger partial charge on any atom is 0.129 e. The Labute approximate surface area is 106 Å². The summed E-state index contributed by atoms with van der Waals surface area (Å²) < 4.78 is 0.815. The van der Waals surface area contributed by atoms with E-state index in [1.165, 1.54) is 31.2 Å². The van der Waals surface area contributed by atoms with E-state index in [1.807, 2.05) is 0 Å². The second kappa shape index (κ2) is 4.40. The first-order valence-corrected chi connectivity index (χ1v) is 6.76. The summed E-state index contributed by atoms with van der Waals surface area (Å²) in [5.41, 5.74) is 1.88. The van der Waals surface area contributed by atoms with E-state index in [9.17, 15) is 5.11 Å². The van der Waals surface area contributed by atoms with Gasteiger partial charge in [-0.15, -0.1) is 0 Å². The van der Waals surface area contributed by atoms with Gasteiger partial charge < -0.3 is 5.11 Å². The van der Waals surface area contributed by atoms with Crippen LogP contribution in [-0.4, -0.2) is 5.11 Å². The van der Waals surface area contributed by atoms with Crippen LogP contribution < -0.4 is 0 Å². The molecule has 0 radical (unpaired) electrons. The molecule has 0 spiro atoms. The molecule has 0 saturated heterocycles. The van der Waals surface area contributed by atoms with Gasteiger partial charge in [-0.2, -0.15) is 0 Å². The van der Waals surface area contributed by atoms with Gasteiger partial charge in [-0.1, -0.05) is 19.9 Å². The Balaban J connectivity index is 2.11. The first-order chi connectivity index (χ1) is 7.48. The van der Waals surface area contributed by atoms with E-state index in [4.69, 9.17) is 0 Å². The first-order valence-electron chi connectivity index (χ1n) is 5.96. The summed E-state index contributed by atoms with van der Waals surface area (Å²) in [6.07, 6.45) is 5.14. The van der Waals surface area contributed by atoms with Crippen LogP contribution in [0.2, 0.25) is 0 Å².